The number of fused-ring (bicyclic) bond motifs is 1. The smallest absolute Gasteiger partial charge is 0.339 e. The minimum atomic E-state index is -0.254. The van der Waals surface area contributed by atoms with Gasteiger partial charge in [0.05, 0.1) is 12.2 Å². The van der Waals surface area contributed by atoms with E-state index in [0.29, 0.717) is 12.2 Å². The summed E-state index contributed by atoms with van der Waals surface area (Å²) in [6, 6.07) is 5.88. The molecule has 1 heterocycles. The van der Waals surface area contributed by atoms with E-state index < -0.39 is 0 Å². The average Bonchev–Trinajstić information content (AvgIpc) is 2.63. The van der Waals surface area contributed by atoms with Gasteiger partial charge in [0, 0.05) is 19.9 Å². The Morgan fingerprint density at radius 3 is 3.07 bits per heavy atom. The molecule has 2 nitrogen and oxygen atoms in total. The molecule has 0 aliphatic heterocycles. The van der Waals surface area contributed by atoms with Crippen LogP contribution in [0.3, 0.4) is 0 Å². The van der Waals surface area contributed by atoms with Gasteiger partial charge < -0.3 is 4.74 Å². The van der Waals surface area contributed by atoms with Crippen molar-refractivity contribution in [1.82, 2.24) is 0 Å². The van der Waals surface area contributed by atoms with Gasteiger partial charge in [0.25, 0.3) is 0 Å². The molecular formula is C11H9BrO2S. The summed E-state index contributed by atoms with van der Waals surface area (Å²) in [6.07, 6.45) is 0. The van der Waals surface area contributed by atoms with Crippen molar-refractivity contribution in [3.63, 3.8) is 0 Å². The zero-order valence-corrected chi connectivity index (χ0v) is 10.5. The van der Waals surface area contributed by atoms with Crippen LogP contribution in [-0.4, -0.2) is 12.6 Å². The van der Waals surface area contributed by atoms with Crippen molar-refractivity contribution in [2.24, 2.45) is 0 Å². The molecule has 1 aromatic heterocycles. The van der Waals surface area contributed by atoms with Gasteiger partial charge in [-0.25, -0.2) is 4.79 Å². The Morgan fingerprint density at radius 2 is 2.33 bits per heavy atom. The third-order valence-corrected chi connectivity index (χ3v) is 3.65. The summed E-state index contributed by atoms with van der Waals surface area (Å²) in [6.45, 7) is 2.21. The second-order valence-electron chi connectivity index (χ2n) is 2.98. The third-order valence-electron chi connectivity index (χ3n) is 2.04. The fraction of sp³-hybridized carbons (Fsp3) is 0.182. The Bertz CT molecular complexity index is 504. The maximum atomic E-state index is 11.6. The molecule has 1 aromatic carbocycles. The highest BCUT2D eigenvalue weighted by atomic mass is 79.9. The van der Waals surface area contributed by atoms with Crippen molar-refractivity contribution in [2.45, 2.75) is 6.92 Å². The molecule has 0 bridgehead atoms. The molecular weight excluding hydrogens is 276 g/mol. The van der Waals surface area contributed by atoms with E-state index in [1.54, 1.807) is 11.3 Å². The largest absolute Gasteiger partial charge is 0.462 e. The Labute approximate surface area is 100.0 Å². The highest BCUT2D eigenvalue weighted by molar-refractivity contribution is 9.10. The van der Waals surface area contributed by atoms with Gasteiger partial charge in [0.1, 0.15) is 0 Å². The number of carbonyl (C=O) groups excluding carboxylic acids is 1. The molecule has 2 aromatic rings. The van der Waals surface area contributed by atoms with Crippen molar-refractivity contribution in [2.75, 3.05) is 6.61 Å². The Balaban J connectivity index is 2.57. The molecule has 0 saturated carbocycles. The first kappa shape index (κ1) is 10.6. The van der Waals surface area contributed by atoms with E-state index in [1.807, 2.05) is 30.5 Å². The fourth-order valence-corrected chi connectivity index (χ4v) is 3.07. The van der Waals surface area contributed by atoms with Crippen LogP contribution in [0.25, 0.3) is 10.1 Å². The van der Waals surface area contributed by atoms with Gasteiger partial charge in [0.2, 0.25) is 0 Å². The van der Waals surface area contributed by atoms with Crippen LogP contribution in [0.1, 0.15) is 17.3 Å². The Morgan fingerprint density at radius 1 is 1.53 bits per heavy atom. The molecule has 0 aliphatic carbocycles. The zero-order valence-electron chi connectivity index (χ0n) is 8.12. The second-order valence-corrected chi connectivity index (χ2v) is 4.75. The van der Waals surface area contributed by atoms with E-state index in [4.69, 9.17) is 4.74 Å². The summed E-state index contributed by atoms with van der Waals surface area (Å²) in [5.41, 5.74) is 0.643. The lowest BCUT2D eigenvalue weighted by Crippen LogP contribution is -2.03. The van der Waals surface area contributed by atoms with Gasteiger partial charge in [-0.05, 0) is 19.1 Å². The summed E-state index contributed by atoms with van der Waals surface area (Å²) < 4.78 is 7.02. The van der Waals surface area contributed by atoms with E-state index in [0.717, 1.165) is 14.6 Å². The summed E-state index contributed by atoms with van der Waals surface area (Å²) in [5, 5.41) is 2.79. The fourth-order valence-electron chi connectivity index (χ4n) is 1.40. The standard InChI is InChI=1S/C11H9BrO2S/c1-2-14-11(13)7-6-15-9-5-3-4-8(12)10(7)9/h3-6H,2H2,1H3. The lowest BCUT2D eigenvalue weighted by Gasteiger charge is -2.01. The van der Waals surface area contributed by atoms with E-state index in [1.165, 1.54) is 0 Å². The number of carbonyl (C=O) groups is 1. The Hall–Kier alpha value is -0.870. The molecule has 0 N–H and O–H groups in total. The number of benzene rings is 1. The van der Waals surface area contributed by atoms with Crippen LogP contribution in [0.4, 0.5) is 0 Å². The van der Waals surface area contributed by atoms with Gasteiger partial charge in [-0.1, -0.05) is 22.0 Å². The van der Waals surface area contributed by atoms with Crippen molar-refractivity contribution >= 4 is 43.3 Å². The number of halogens is 1. The maximum absolute atomic E-state index is 11.6. The zero-order chi connectivity index (χ0) is 10.8. The predicted octanol–water partition coefficient (Wildman–Crippen LogP) is 3.84. The van der Waals surface area contributed by atoms with Gasteiger partial charge in [-0.3, -0.25) is 0 Å². The number of thiophene rings is 1. The molecule has 0 spiro atoms. The van der Waals surface area contributed by atoms with Crippen molar-refractivity contribution < 1.29 is 9.53 Å². The molecule has 0 fully saturated rings. The Kier molecular flexibility index (Phi) is 3.07. The first-order valence-electron chi connectivity index (χ1n) is 4.57. The quantitative estimate of drug-likeness (QED) is 0.784. The number of hydrogen-bond acceptors (Lipinski definition) is 3. The minimum absolute atomic E-state index is 0.254. The van der Waals surface area contributed by atoms with E-state index >= 15 is 0 Å². The highest BCUT2D eigenvalue weighted by Crippen LogP contribution is 2.32. The molecule has 4 heteroatoms. The summed E-state index contributed by atoms with van der Waals surface area (Å²) in [5.74, 6) is -0.254. The van der Waals surface area contributed by atoms with Gasteiger partial charge in [-0.15, -0.1) is 11.3 Å². The summed E-state index contributed by atoms with van der Waals surface area (Å²) in [4.78, 5) is 11.6. The van der Waals surface area contributed by atoms with Gasteiger partial charge in [0.15, 0.2) is 0 Å². The molecule has 78 valence electrons. The van der Waals surface area contributed by atoms with Crippen LogP contribution in [0.15, 0.2) is 28.1 Å². The molecule has 15 heavy (non-hydrogen) atoms. The molecule has 0 amide bonds. The van der Waals surface area contributed by atoms with Crippen LogP contribution >= 0.6 is 27.3 Å². The van der Waals surface area contributed by atoms with Gasteiger partial charge >= 0.3 is 5.97 Å². The first-order valence-corrected chi connectivity index (χ1v) is 6.24. The lowest BCUT2D eigenvalue weighted by molar-refractivity contribution is 0.0529. The minimum Gasteiger partial charge on any atom is -0.462 e. The summed E-state index contributed by atoms with van der Waals surface area (Å²) in [7, 11) is 0. The van der Waals surface area contributed by atoms with E-state index in [2.05, 4.69) is 15.9 Å². The van der Waals surface area contributed by atoms with Crippen LogP contribution in [0, 0.1) is 0 Å². The first-order chi connectivity index (χ1) is 7.24. The van der Waals surface area contributed by atoms with Crippen molar-refractivity contribution in [1.29, 1.82) is 0 Å². The SMILES string of the molecule is CCOC(=O)c1csc2cccc(Br)c12. The van der Waals surface area contributed by atoms with Crippen LogP contribution < -0.4 is 0 Å². The number of ether oxygens (including phenoxy) is 1. The second kappa shape index (κ2) is 4.33. The van der Waals surface area contributed by atoms with Gasteiger partial charge in [-0.2, -0.15) is 0 Å². The lowest BCUT2D eigenvalue weighted by atomic mass is 10.2. The van der Waals surface area contributed by atoms with Crippen LogP contribution in [0.2, 0.25) is 0 Å². The number of rotatable bonds is 2. The number of esters is 1. The molecule has 0 radical (unpaired) electrons. The molecule has 0 saturated heterocycles. The monoisotopic (exact) mass is 284 g/mol. The predicted molar refractivity (Wildman–Crippen MR) is 65.5 cm³/mol. The maximum Gasteiger partial charge on any atom is 0.339 e. The van der Waals surface area contributed by atoms with E-state index in [9.17, 15) is 4.79 Å². The van der Waals surface area contributed by atoms with E-state index in [-0.39, 0.29) is 5.97 Å². The van der Waals surface area contributed by atoms with Crippen LogP contribution in [-0.2, 0) is 4.74 Å². The van der Waals surface area contributed by atoms with Crippen molar-refractivity contribution in [3.05, 3.63) is 33.6 Å². The normalized spacial score (nSPS) is 10.5. The van der Waals surface area contributed by atoms with Crippen LogP contribution in [0.5, 0.6) is 0 Å². The average molecular weight is 285 g/mol. The molecule has 0 unspecified atom stereocenters. The summed E-state index contributed by atoms with van der Waals surface area (Å²) >= 11 is 5.00. The topological polar surface area (TPSA) is 26.3 Å². The highest BCUT2D eigenvalue weighted by Gasteiger charge is 2.14. The molecule has 0 atom stereocenters. The third kappa shape index (κ3) is 1.92. The molecule has 0 aliphatic rings. The number of hydrogen-bond donors (Lipinski definition) is 0. The molecule has 2 rings (SSSR count). The van der Waals surface area contributed by atoms with Crippen molar-refractivity contribution in [3.8, 4) is 0 Å².